The van der Waals surface area contributed by atoms with E-state index in [1.807, 2.05) is 0 Å². The van der Waals surface area contributed by atoms with E-state index in [2.05, 4.69) is 10.3 Å². The molecular weight excluding hydrogens is 262 g/mol. The van der Waals surface area contributed by atoms with Crippen molar-refractivity contribution in [1.82, 2.24) is 4.98 Å². The van der Waals surface area contributed by atoms with Crippen LogP contribution in [-0.2, 0) is 6.54 Å². The number of hydrogen-bond acceptors (Lipinski definition) is 5. The summed E-state index contributed by atoms with van der Waals surface area (Å²) >= 11 is 0. The van der Waals surface area contributed by atoms with Gasteiger partial charge in [-0.15, -0.1) is 0 Å². The van der Waals surface area contributed by atoms with Gasteiger partial charge in [0.15, 0.2) is 0 Å². The van der Waals surface area contributed by atoms with E-state index in [9.17, 15) is 14.9 Å². The van der Waals surface area contributed by atoms with Crippen molar-refractivity contribution >= 4 is 17.3 Å². The minimum atomic E-state index is -1.06. The van der Waals surface area contributed by atoms with Gasteiger partial charge in [-0.3, -0.25) is 15.1 Å². The van der Waals surface area contributed by atoms with Gasteiger partial charge in [0.1, 0.15) is 0 Å². The Balaban J connectivity index is 2.15. The van der Waals surface area contributed by atoms with E-state index in [4.69, 9.17) is 5.11 Å². The van der Waals surface area contributed by atoms with Crippen molar-refractivity contribution in [2.45, 2.75) is 6.54 Å². The lowest BCUT2D eigenvalue weighted by Gasteiger charge is -2.08. The molecule has 2 aromatic rings. The number of carbonyl (C=O) groups is 1. The summed E-state index contributed by atoms with van der Waals surface area (Å²) in [5.74, 6) is -1.06. The molecule has 0 saturated heterocycles. The number of aromatic nitrogens is 1. The Kier molecular flexibility index (Phi) is 3.90. The van der Waals surface area contributed by atoms with Gasteiger partial charge >= 0.3 is 5.97 Å². The fraction of sp³-hybridized carbons (Fsp3) is 0.0769. The highest BCUT2D eigenvalue weighted by atomic mass is 16.6. The quantitative estimate of drug-likeness (QED) is 0.639. The first-order valence-electron chi connectivity index (χ1n) is 5.72. The van der Waals surface area contributed by atoms with Gasteiger partial charge in [-0.1, -0.05) is 12.1 Å². The Morgan fingerprint density at radius 2 is 2.20 bits per heavy atom. The molecule has 0 aliphatic heterocycles. The third-order valence-electron chi connectivity index (χ3n) is 2.66. The summed E-state index contributed by atoms with van der Waals surface area (Å²) in [6, 6.07) is 7.52. The molecule has 0 amide bonds. The second-order valence-corrected chi connectivity index (χ2v) is 4.01. The van der Waals surface area contributed by atoms with Crippen LogP contribution >= 0.6 is 0 Å². The fourth-order valence-electron chi connectivity index (χ4n) is 1.70. The summed E-state index contributed by atoms with van der Waals surface area (Å²) in [7, 11) is 0. The van der Waals surface area contributed by atoms with Gasteiger partial charge in [-0.2, -0.15) is 0 Å². The number of anilines is 1. The summed E-state index contributed by atoms with van der Waals surface area (Å²) < 4.78 is 0. The highest BCUT2D eigenvalue weighted by molar-refractivity contribution is 5.93. The van der Waals surface area contributed by atoms with E-state index in [0.29, 0.717) is 11.3 Å². The van der Waals surface area contributed by atoms with Crippen LogP contribution in [0, 0.1) is 10.1 Å². The number of carboxylic acid groups (broad SMARTS) is 1. The number of nitrogens with zero attached hydrogens (tertiary/aromatic N) is 2. The number of benzene rings is 1. The zero-order valence-electron chi connectivity index (χ0n) is 10.3. The van der Waals surface area contributed by atoms with Gasteiger partial charge in [0.05, 0.1) is 22.4 Å². The molecule has 1 aromatic heterocycles. The van der Waals surface area contributed by atoms with Crippen LogP contribution in [0.4, 0.5) is 11.4 Å². The lowest BCUT2D eigenvalue weighted by Crippen LogP contribution is -2.07. The molecule has 7 heteroatoms. The molecule has 0 radical (unpaired) electrons. The Morgan fingerprint density at radius 1 is 1.40 bits per heavy atom. The van der Waals surface area contributed by atoms with Crippen molar-refractivity contribution in [2.24, 2.45) is 0 Å². The van der Waals surface area contributed by atoms with Gasteiger partial charge in [-0.25, -0.2) is 4.79 Å². The van der Waals surface area contributed by atoms with E-state index in [1.165, 1.54) is 30.6 Å². The number of nitro benzene ring substituents is 1. The number of nitrogens with one attached hydrogen (secondary N) is 1. The lowest BCUT2D eigenvalue weighted by molar-refractivity contribution is -0.384. The van der Waals surface area contributed by atoms with Crippen LogP contribution in [0.2, 0.25) is 0 Å². The Bertz CT molecular complexity index is 658. The van der Waals surface area contributed by atoms with Crippen molar-refractivity contribution in [2.75, 3.05) is 5.32 Å². The van der Waals surface area contributed by atoms with Crippen molar-refractivity contribution in [1.29, 1.82) is 0 Å². The molecule has 1 heterocycles. The van der Waals surface area contributed by atoms with E-state index < -0.39 is 10.9 Å². The minimum absolute atomic E-state index is 0.00561. The average Bonchev–Trinajstić information content (AvgIpc) is 2.45. The molecule has 0 atom stereocenters. The lowest BCUT2D eigenvalue weighted by atomic mass is 10.2. The Labute approximate surface area is 114 Å². The van der Waals surface area contributed by atoms with Crippen LogP contribution < -0.4 is 5.32 Å². The summed E-state index contributed by atoms with van der Waals surface area (Å²) in [4.78, 5) is 25.1. The number of hydrogen-bond donors (Lipinski definition) is 2. The first kappa shape index (κ1) is 13.5. The van der Waals surface area contributed by atoms with Crippen LogP contribution in [0.25, 0.3) is 0 Å². The maximum absolute atomic E-state index is 11.0. The van der Waals surface area contributed by atoms with E-state index in [1.54, 1.807) is 12.1 Å². The number of aromatic carboxylic acids is 1. The second-order valence-electron chi connectivity index (χ2n) is 4.01. The van der Waals surface area contributed by atoms with Crippen molar-refractivity contribution in [3.63, 3.8) is 0 Å². The maximum Gasteiger partial charge on any atom is 0.337 e. The highest BCUT2D eigenvalue weighted by Gasteiger charge is 2.10. The summed E-state index contributed by atoms with van der Waals surface area (Å²) in [6.07, 6.45) is 2.79. The van der Waals surface area contributed by atoms with E-state index in [0.717, 1.165) is 0 Å². The predicted molar refractivity (Wildman–Crippen MR) is 71.6 cm³/mol. The molecule has 0 aliphatic rings. The highest BCUT2D eigenvalue weighted by Crippen LogP contribution is 2.17. The molecule has 0 fully saturated rings. The van der Waals surface area contributed by atoms with Gasteiger partial charge in [0.25, 0.3) is 5.69 Å². The molecule has 0 bridgehead atoms. The van der Waals surface area contributed by atoms with Gasteiger partial charge in [0, 0.05) is 24.9 Å². The Morgan fingerprint density at radius 3 is 2.90 bits per heavy atom. The molecule has 2 rings (SSSR count). The van der Waals surface area contributed by atoms with E-state index in [-0.39, 0.29) is 17.8 Å². The molecule has 0 unspecified atom stereocenters. The average molecular weight is 273 g/mol. The zero-order valence-corrected chi connectivity index (χ0v) is 10.3. The van der Waals surface area contributed by atoms with Crippen LogP contribution in [0.15, 0.2) is 42.7 Å². The molecule has 2 N–H and O–H groups in total. The van der Waals surface area contributed by atoms with Crippen molar-refractivity contribution in [3.05, 3.63) is 64.0 Å². The third-order valence-corrected chi connectivity index (χ3v) is 2.66. The number of rotatable bonds is 5. The predicted octanol–water partition coefficient (Wildman–Crippen LogP) is 2.30. The molecule has 7 nitrogen and oxygen atoms in total. The maximum atomic E-state index is 11.0. The zero-order chi connectivity index (χ0) is 14.5. The standard InChI is InChI=1S/C13H11N3O4/c17-13(18)11-4-5-14-8-12(11)15-7-9-2-1-3-10(6-9)16(19)20/h1-6,8,15H,7H2,(H,17,18). The topological polar surface area (TPSA) is 105 Å². The van der Waals surface area contributed by atoms with Crippen LogP contribution in [0.1, 0.15) is 15.9 Å². The monoisotopic (exact) mass is 273 g/mol. The van der Waals surface area contributed by atoms with Gasteiger partial charge < -0.3 is 10.4 Å². The molecule has 0 saturated carbocycles. The van der Waals surface area contributed by atoms with Gasteiger partial charge in [-0.05, 0) is 11.6 Å². The number of nitro groups is 1. The van der Waals surface area contributed by atoms with Crippen molar-refractivity contribution in [3.8, 4) is 0 Å². The minimum Gasteiger partial charge on any atom is -0.478 e. The number of non-ortho nitro benzene ring substituents is 1. The normalized spacial score (nSPS) is 10.0. The van der Waals surface area contributed by atoms with Crippen LogP contribution in [0.5, 0.6) is 0 Å². The smallest absolute Gasteiger partial charge is 0.337 e. The summed E-state index contributed by atoms with van der Waals surface area (Å²) in [6.45, 7) is 0.271. The van der Waals surface area contributed by atoms with E-state index >= 15 is 0 Å². The number of carboxylic acids is 1. The van der Waals surface area contributed by atoms with Crippen LogP contribution in [0.3, 0.4) is 0 Å². The van der Waals surface area contributed by atoms with Gasteiger partial charge in [0.2, 0.25) is 0 Å². The summed E-state index contributed by atoms with van der Waals surface area (Å²) in [5.41, 5.74) is 1.14. The SMILES string of the molecule is O=C(O)c1ccncc1NCc1cccc([N+](=O)[O-])c1. The third kappa shape index (κ3) is 3.08. The Hall–Kier alpha value is -2.96. The molecule has 1 aromatic carbocycles. The first-order chi connectivity index (χ1) is 9.58. The first-order valence-corrected chi connectivity index (χ1v) is 5.72. The summed E-state index contributed by atoms with van der Waals surface area (Å²) in [5, 5.41) is 22.6. The molecular formula is C13H11N3O4. The largest absolute Gasteiger partial charge is 0.478 e. The second kappa shape index (κ2) is 5.79. The molecule has 0 aliphatic carbocycles. The molecule has 102 valence electrons. The number of pyridine rings is 1. The molecule has 20 heavy (non-hydrogen) atoms. The van der Waals surface area contributed by atoms with Crippen LogP contribution in [-0.4, -0.2) is 21.0 Å². The molecule has 0 spiro atoms. The fourth-order valence-corrected chi connectivity index (χ4v) is 1.70. The van der Waals surface area contributed by atoms with Crippen molar-refractivity contribution < 1.29 is 14.8 Å².